The first-order valence-electron chi connectivity index (χ1n) is 7.58. The summed E-state index contributed by atoms with van der Waals surface area (Å²) < 4.78 is 19.7. The van der Waals surface area contributed by atoms with E-state index in [9.17, 15) is 14.0 Å². The molecule has 138 valence electrons. The molecule has 0 aliphatic heterocycles. The first kappa shape index (κ1) is 18.4. The van der Waals surface area contributed by atoms with Crippen LogP contribution in [0.1, 0.15) is 25.9 Å². The summed E-state index contributed by atoms with van der Waals surface area (Å²) in [6.45, 7) is 1.71. The van der Waals surface area contributed by atoms with Crippen molar-refractivity contribution in [3.05, 3.63) is 52.5 Å². The number of halogens is 1. The van der Waals surface area contributed by atoms with Crippen molar-refractivity contribution in [2.45, 2.75) is 6.92 Å². The van der Waals surface area contributed by atoms with Crippen molar-refractivity contribution < 1.29 is 23.8 Å². The summed E-state index contributed by atoms with van der Waals surface area (Å²) in [5.41, 5.74) is 1.07. The summed E-state index contributed by atoms with van der Waals surface area (Å²) >= 11 is 0.707. The van der Waals surface area contributed by atoms with Crippen LogP contribution in [-0.4, -0.2) is 39.3 Å². The molecule has 0 aliphatic rings. The summed E-state index contributed by atoms with van der Waals surface area (Å²) in [5.74, 6) is -2.17. The molecule has 0 saturated carbocycles. The third-order valence-corrected chi connectivity index (χ3v) is 4.41. The molecule has 8 nitrogen and oxygen atoms in total. The van der Waals surface area contributed by atoms with Gasteiger partial charge in [-0.2, -0.15) is 0 Å². The number of aromatic nitrogens is 3. The largest absolute Gasteiger partial charge is 0.496 e. The maximum Gasteiger partial charge on any atom is 0.367 e. The lowest BCUT2D eigenvalue weighted by molar-refractivity contribution is 0.0695. The highest BCUT2D eigenvalue weighted by molar-refractivity contribution is 7.17. The van der Waals surface area contributed by atoms with Gasteiger partial charge in [0.05, 0.1) is 18.2 Å². The van der Waals surface area contributed by atoms with Crippen LogP contribution in [0.4, 0.5) is 9.52 Å². The fourth-order valence-electron chi connectivity index (χ4n) is 2.41. The average Bonchev–Trinajstić information content (AvgIpc) is 3.10. The predicted octanol–water partition coefficient (Wildman–Crippen LogP) is 3.01. The van der Waals surface area contributed by atoms with Crippen LogP contribution in [0, 0.1) is 12.7 Å². The zero-order valence-corrected chi connectivity index (χ0v) is 15.0. The Morgan fingerprint density at radius 1 is 1.30 bits per heavy atom. The van der Waals surface area contributed by atoms with Crippen LogP contribution >= 0.6 is 11.3 Å². The average molecular weight is 388 g/mol. The fourth-order valence-corrected chi connectivity index (χ4v) is 2.99. The summed E-state index contributed by atoms with van der Waals surface area (Å²) in [5, 5.41) is 18.2. The van der Waals surface area contributed by atoms with E-state index < -0.39 is 17.7 Å². The number of nitrogens with one attached hydrogen (secondary N) is 1. The maximum atomic E-state index is 14.5. The van der Waals surface area contributed by atoms with Crippen molar-refractivity contribution in [1.82, 2.24) is 15.2 Å². The predicted molar refractivity (Wildman–Crippen MR) is 95.7 cm³/mol. The first-order valence-corrected chi connectivity index (χ1v) is 8.40. The third-order valence-electron chi connectivity index (χ3n) is 3.58. The number of rotatable bonds is 5. The summed E-state index contributed by atoms with van der Waals surface area (Å²) in [4.78, 5) is 27.7. The number of amides is 1. The van der Waals surface area contributed by atoms with E-state index in [-0.39, 0.29) is 32.6 Å². The second-order valence-corrected chi connectivity index (χ2v) is 6.34. The molecule has 3 aromatic rings. The third kappa shape index (κ3) is 3.75. The van der Waals surface area contributed by atoms with Crippen LogP contribution < -0.4 is 10.1 Å². The summed E-state index contributed by atoms with van der Waals surface area (Å²) in [6, 6.07) is 5.91. The minimum atomic E-state index is -1.25. The normalized spacial score (nSPS) is 10.5. The van der Waals surface area contributed by atoms with Crippen molar-refractivity contribution >= 4 is 28.3 Å². The van der Waals surface area contributed by atoms with Gasteiger partial charge in [0.15, 0.2) is 0 Å². The molecule has 0 atom stereocenters. The van der Waals surface area contributed by atoms with Gasteiger partial charge in [-0.15, -0.1) is 10.2 Å². The second kappa shape index (κ2) is 7.46. The number of methoxy groups -OCH3 is 1. The van der Waals surface area contributed by atoms with Crippen LogP contribution in [-0.2, 0) is 0 Å². The first-order chi connectivity index (χ1) is 12.9. The van der Waals surface area contributed by atoms with Gasteiger partial charge in [-0.1, -0.05) is 17.4 Å². The number of anilines is 1. The quantitative estimate of drug-likeness (QED) is 0.690. The van der Waals surface area contributed by atoms with E-state index in [2.05, 4.69) is 20.5 Å². The Bertz CT molecular complexity index is 1040. The zero-order chi connectivity index (χ0) is 19.6. The molecular weight excluding hydrogens is 375 g/mol. The Hall–Kier alpha value is -3.40. The highest BCUT2D eigenvalue weighted by Crippen LogP contribution is 2.35. The molecule has 0 unspecified atom stereocenters. The van der Waals surface area contributed by atoms with Gasteiger partial charge in [-0.25, -0.2) is 9.18 Å². The Balaban J connectivity index is 2.04. The van der Waals surface area contributed by atoms with Gasteiger partial charge >= 0.3 is 5.97 Å². The number of hydrogen-bond acceptors (Lipinski definition) is 7. The lowest BCUT2D eigenvalue weighted by Gasteiger charge is -2.14. The van der Waals surface area contributed by atoms with E-state index in [1.807, 2.05) is 0 Å². The maximum absolute atomic E-state index is 14.5. The molecule has 0 aliphatic carbocycles. The van der Waals surface area contributed by atoms with Crippen LogP contribution in [0.15, 0.2) is 30.5 Å². The van der Waals surface area contributed by atoms with Crippen molar-refractivity contribution in [1.29, 1.82) is 0 Å². The number of carboxylic acid groups (broad SMARTS) is 1. The smallest absolute Gasteiger partial charge is 0.367 e. The molecule has 0 fully saturated rings. The van der Waals surface area contributed by atoms with Crippen molar-refractivity contribution in [3.63, 3.8) is 0 Å². The van der Waals surface area contributed by atoms with Gasteiger partial charge < -0.3 is 9.84 Å². The number of hydrogen-bond donors (Lipinski definition) is 2. The fraction of sp³-hybridized carbons (Fsp3) is 0.118. The lowest BCUT2D eigenvalue weighted by atomic mass is 9.98. The number of aromatic carboxylic acids is 1. The zero-order valence-electron chi connectivity index (χ0n) is 14.2. The number of aryl methyl sites for hydroxylation is 1. The van der Waals surface area contributed by atoms with Crippen molar-refractivity contribution in [2.75, 3.05) is 12.4 Å². The Kier molecular flexibility index (Phi) is 5.08. The highest BCUT2D eigenvalue weighted by Gasteiger charge is 2.21. The SMILES string of the molecule is COc1cccc(F)c1-c1cc(C)ncc1C(=O)Nc1nnc(C(=O)O)s1. The molecule has 2 N–H and O–H groups in total. The van der Waals surface area contributed by atoms with Crippen LogP contribution in [0.25, 0.3) is 11.1 Å². The van der Waals surface area contributed by atoms with Gasteiger partial charge in [-0.3, -0.25) is 15.1 Å². The number of benzene rings is 1. The molecule has 10 heteroatoms. The van der Waals surface area contributed by atoms with Crippen molar-refractivity contribution in [3.8, 4) is 16.9 Å². The molecule has 2 aromatic heterocycles. The van der Waals surface area contributed by atoms with Gasteiger partial charge in [-0.05, 0) is 25.1 Å². The van der Waals surface area contributed by atoms with E-state index in [4.69, 9.17) is 9.84 Å². The standard InChI is InChI=1S/C17H13FN4O4S/c1-8-6-9(13-11(18)4-3-5-12(13)26-2)10(7-19-8)14(23)20-17-22-21-15(27-17)16(24)25/h3-7H,1-2H3,(H,24,25)(H,20,22,23). The molecule has 0 saturated heterocycles. The van der Waals surface area contributed by atoms with Crippen LogP contribution in [0.3, 0.4) is 0 Å². The Morgan fingerprint density at radius 3 is 2.74 bits per heavy atom. The molecular formula is C17H13FN4O4S. The number of nitrogens with zero attached hydrogens (tertiary/aromatic N) is 3. The van der Waals surface area contributed by atoms with Gasteiger partial charge in [0.25, 0.3) is 5.91 Å². The van der Waals surface area contributed by atoms with Gasteiger partial charge in [0.2, 0.25) is 10.1 Å². The Labute approximate surface area is 156 Å². The van der Waals surface area contributed by atoms with Gasteiger partial charge in [0, 0.05) is 17.5 Å². The minimum Gasteiger partial charge on any atom is -0.496 e. The van der Waals surface area contributed by atoms with E-state index in [1.54, 1.807) is 19.1 Å². The number of carbonyl (C=O) groups excluding carboxylic acids is 1. The number of pyridine rings is 1. The molecule has 1 aromatic carbocycles. The van der Waals surface area contributed by atoms with E-state index in [1.165, 1.54) is 25.4 Å². The number of carboxylic acids is 1. The second-order valence-electron chi connectivity index (χ2n) is 5.36. The molecule has 27 heavy (non-hydrogen) atoms. The molecule has 0 spiro atoms. The topological polar surface area (TPSA) is 114 Å². The summed E-state index contributed by atoms with van der Waals surface area (Å²) in [6.07, 6.45) is 1.31. The van der Waals surface area contributed by atoms with Crippen molar-refractivity contribution in [2.24, 2.45) is 0 Å². The van der Waals surface area contributed by atoms with E-state index in [0.717, 1.165) is 0 Å². The molecule has 0 bridgehead atoms. The van der Waals surface area contributed by atoms with Crippen LogP contribution in [0.2, 0.25) is 0 Å². The molecule has 3 rings (SSSR count). The molecule has 0 radical (unpaired) electrons. The lowest BCUT2D eigenvalue weighted by Crippen LogP contribution is -2.14. The van der Waals surface area contributed by atoms with E-state index in [0.29, 0.717) is 17.0 Å². The summed E-state index contributed by atoms with van der Waals surface area (Å²) in [7, 11) is 1.40. The number of carbonyl (C=O) groups is 2. The van der Waals surface area contributed by atoms with E-state index >= 15 is 0 Å². The van der Waals surface area contributed by atoms with Gasteiger partial charge in [0.1, 0.15) is 11.6 Å². The number of ether oxygens (including phenoxy) is 1. The Morgan fingerprint density at radius 2 is 2.07 bits per heavy atom. The van der Waals surface area contributed by atoms with Crippen LogP contribution in [0.5, 0.6) is 5.75 Å². The highest BCUT2D eigenvalue weighted by atomic mass is 32.1. The monoisotopic (exact) mass is 388 g/mol. The minimum absolute atomic E-state index is 0.00410. The molecule has 2 heterocycles. The molecule has 1 amide bonds.